The van der Waals surface area contributed by atoms with Crippen LogP contribution < -0.4 is 0 Å². The molecule has 1 heterocycles. The molecule has 1 fully saturated rings. The number of esters is 2. The first-order chi connectivity index (χ1) is 7.82. The summed E-state index contributed by atoms with van der Waals surface area (Å²) in [5, 5.41) is 19.0. The molecular weight excluding hydrogens is 232 g/mol. The topological polar surface area (TPSA) is 102 Å². The molecule has 0 unspecified atom stereocenters. The number of rotatable bonds is 2. The Hall–Kier alpha value is -1.18. The van der Waals surface area contributed by atoms with Crippen molar-refractivity contribution in [3.8, 4) is 0 Å². The van der Waals surface area contributed by atoms with Gasteiger partial charge in [0.05, 0.1) is 6.10 Å². The van der Waals surface area contributed by atoms with Crippen molar-refractivity contribution in [3.63, 3.8) is 0 Å². The molecule has 98 valence electrons. The first kappa shape index (κ1) is 13.9. The summed E-state index contributed by atoms with van der Waals surface area (Å²) >= 11 is 0. The average molecular weight is 248 g/mol. The van der Waals surface area contributed by atoms with Crippen LogP contribution in [-0.2, 0) is 23.8 Å². The molecule has 0 spiro atoms. The fraction of sp³-hybridized carbons (Fsp3) is 0.800. The zero-order valence-corrected chi connectivity index (χ0v) is 9.82. The summed E-state index contributed by atoms with van der Waals surface area (Å²) in [5.74, 6) is -1.24. The monoisotopic (exact) mass is 248 g/mol. The molecule has 7 nitrogen and oxygen atoms in total. The van der Waals surface area contributed by atoms with Crippen LogP contribution in [0.5, 0.6) is 0 Å². The van der Waals surface area contributed by atoms with Gasteiger partial charge in [0.15, 0.2) is 18.5 Å². The molecule has 1 aliphatic rings. The Morgan fingerprint density at radius 3 is 2.00 bits per heavy atom. The Labute approximate surface area is 98.3 Å². The molecule has 0 aromatic heterocycles. The van der Waals surface area contributed by atoms with Crippen molar-refractivity contribution in [1.82, 2.24) is 0 Å². The Balaban J connectivity index is 2.86. The normalized spacial score (nSPS) is 37.4. The lowest BCUT2D eigenvalue weighted by Crippen LogP contribution is -2.59. The fourth-order valence-electron chi connectivity index (χ4n) is 1.68. The summed E-state index contributed by atoms with van der Waals surface area (Å²) in [5.41, 5.74) is 0. The lowest BCUT2D eigenvalue weighted by Gasteiger charge is -2.40. The maximum absolute atomic E-state index is 10.9. The second-order valence-electron chi connectivity index (χ2n) is 3.87. The fourth-order valence-corrected chi connectivity index (χ4v) is 1.68. The van der Waals surface area contributed by atoms with Crippen LogP contribution in [0.4, 0.5) is 0 Å². The molecule has 0 radical (unpaired) electrons. The molecule has 17 heavy (non-hydrogen) atoms. The van der Waals surface area contributed by atoms with Crippen molar-refractivity contribution < 1.29 is 34.0 Å². The number of aliphatic hydroxyl groups excluding tert-OH is 2. The summed E-state index contributed by atoms with van der Waals surface area (Å²) in [7, 11) is 0. The molecule has 5 atom stereocenters. The van der Waals surface area contributed by atoms with Gasteiger partial charge in [-0.3, -0.25) is 9.59 Å². The van der Waals surface area contributed by atoms with Crippen LogP contribution in [0.1, 0.15) is 20.8 Å². The van der Waals surface area contributed by atoms with E-state index in [0.29, 0.717) is 0 Å². The molecule has 0 saturated carbocycles. The highest BCUT2D eigenvalue weighted by molar-refractivity contribution is 5.67. The number of carbonyl (C=O) groups excluding carboxylic acids is 2. The van der Waals surface area contributed by atoms with Gasteiger partial charge in [0.1, 0.15) is 6.10 Å². The maximum Gasteiger partial charge on any atom is 0.303 e. The second kappa shape index (κ2) is 5.44. The molecule has 7 heteroatoms. The first-order valence-corrected chi connectivity index (χ1v) is 5.19. The van der Waals surface area contributed by atoms with Gasteiger partial charge in [-0.15, -0.1) is 0 Å². The van der Waals surface area contributed by atoms with Crippen LogP contribution in [0, 0.1) is 0 Å². The minimum Gasteiger partial charge on any atom is -0.456 e. The molecule has 1 aliphatic heterocycles. The Bertz CT molecular complexity index is 303. The van der Waals surface area contributed by atoms with Crippen LogP contribution in [-0.4, -0.2) is 52.9 Å². The van der Waals surface area contributed by atoms with Crippen LogP contribution in [0.15, 0.2) is 0 Å². The zero-order chi connectivity index (χ0) is 13.2. The van der Waals surface area contributed by atoms with Gasteiger partial charge in [-0.05, 0) is 6.92 Å². The molecule has 1 saturated heterocycles. The van der Waals surface area contributed by atoms with E-state index >= 15 is 0 Å². The maximum atomic E-state index is 10.9. The van der Waals surface area contributed by atoms with E-state index in [1.807, 2.05) is 0 Å². The van der Waals surface area contributed by atoms with E-state index in [9.17, 15) is 19.8 Å². The Morgan fingerprint density at radius 1 is 1.06 bits per heavy atom. The number of hydrogen-bond acceptors (Lipinski definition) is 7. The summed E-state index contributed by atoms with van der Waals surface area (Å²) in [6, 6.07) is 0. The van der Waals surface area contributed by atoms with E-state index in [-0.39, 0.29) is 0 Å². The Morgan fingerprint density at radius 2 is 1.53 bits per heavy atom. The van der Waals surface area contributed by atoms with Crippen LogP contribution in [0.2, 0.25) is 0 Å². The van der Waals surface area contributed by atoms with Gasteiger partial charge < -0.3 is 24.4 Å². The third kappa shape index (κ3) is 3.39. The lowest BCUT2D eigenvalue weighted by atomic mass is 9.99. The summed E-state index contributed by atoms with van der Waals surface area (Å²) in [6.45, 7) is 3.89. The largest absolute Gasteiger partial charge is 0.456 e. The van der Waals surface area contributed by atoms with E-state index in [2.05, 4.69) is 0 Å². The lowest BCUT2D eigenvalue weighted by molar-refractivity contribution is -0.284. The number of carbonyl (C=O) groups is 2. The summed E-state index contributed by atoms with van der Waals surface area (Å²) < 4.78 is 14.7. The first-order valence-electron chi connectivity index (χ1n) is 5.19. The van der Waals surface area contributed by atoms with Crippen molar-refractivity contribution in [3.05, 3.63) is 0 Å². The standard InChI is InChI=1S/C10H16O7/c1-4-8(16-5(2)11)9(17-6(3)12)7(13)10(14)15-4/h4,7-10,13-14H,1-3H3/t4-,7-,8-,9-,10+/m0/s1. The highest BCUT2D eigenvalue weighted by atomic mass is 16.7. The number of aliphatic hydroxyl groups is 2. The molecule has 0 aromatic carbocycles. The van der Waals surface area contributed by atoms with Crippen LogP contribution >= 0.6 is 0 Å². The van der Waals surface area contributed by atoms with Gasteiger partial charge in [0, 0.05) is 13.8 Å². The molecular formula is C10H16O7. The molecule has 1 rings (SSSR count). The van der Waals surface area contributed by atoms with Gasteiger partial charge in [-0.2, -0.15) is 0 Å². The van der Waals surface area contributed by atoms with Crippen molar-refractivity contribution in [1.29, 1.82) is 0 Å². The van der Waals surface area contributed by atoms with Crippen LogP contribution in [0.3, 0.4) is 0 Å². The van der Waals surface area contributed by atoms with E-state index < -0.39 is 42.6 Å². The van der Waals surface area contributed by atoms with Crippen LogP contribution in [0.25, 0.3) is 0 Å². The molecule has 2 N–H and O–H groups in total. The molecule has 0 aliphatic carbocycles. The summed E-state index contributed by atoms with van der Waals surface area (Å²) in [4.78, 5) is 21.8. The third-order valence-electron chi connectivity index (χ3n) is 2.37. The van der Waals surface area contributed by atoms with Crippen molar-refractivity contribution in [2.75, 3.05) is 0 Å². The van der Waals surface area contributed by atoms with Gasteiger partial charge >= 0.3 is 11.9 Å². The smallest absolute Gasteiger partial charge is 0.303 e. The van der Waals surface area contributed by atoms with Gasteiger partial charge in [-0.1, -0.05) is 0 Å². The van der Waals surface area contributed by atoms with Gasteiger partial charge in [-0.25, -0.2) is 0 Å². The minimum atomic E-state index is -1.49. The molecule has 0 aromatic rings. The minimum absolute atomic E-state index is 0.591. The second-order valence-corrected chi connectivity index (χ2v) is 3.87. The molecule has 0 bridgehead atoms. The quantitative estimate of drug-likeness (QED) is 0.601. The average Bonchev–Trinajstić information content (AvgIpc) is 2.19. The van der Waals surface area contributed by atoms with E-state index in [1.165, 1.54) is 6.92 Å². The number of ether oxygens (including phenoxy) is 3. The molecule has 0 amide bonds. The highest BCUT2D eigenvalue weighted by Crippen LogP contribution is 2.24. The third-order valence-corrected chi connectivity index (χ3v) is 2.37. The zero-order valence-electron chi connectivity index (χ0n) is 9.82. The van der Waals surface area contributed by atoms with E-state index in [0.717, 1.165) is 6.92 Å². The van der Waals surface area contributed by atoms with Crippen molar-refractivity contribution >= 4 is 11.9 Å². The summed E-state index contributed by atoms with van der Waals surface area (Å²) in [6.07, 6.45) is -5.73. The van der Waals surface area contributed by atoms with Crippen molar-refractivity contribution in [2.24, 2.45) is 0 Å². The predicted octanol–water partition coefficient (Wildman–Crippen LogP) is -1.05. The number of hydrogen-bond donors (Lipinski definition) is 2. The predicted molar refractivity (Wildman–Crippen MR) is 53.7 cm³/mol. The van der Waals surface area contributed by atoms with Gasteiger partial charge in [0.2, 0.25) is 0 Å². The Kier molecular flexibility index (Phi) is 4.44. The van der Waals surface area contributed by atoms with Crippen molar-refractivity contribution in [2.45, 2.75) is 51.5 Å². The highest BCUT2D eigenvalue weighted by Gasteiger charge is 2.46. The van der Waals surface area contributed by atoms with Gasteiger partial charge in [0.25, 0.3) is 0 Å². The SMILES string of the molecule is CC(=O)O[C@@H]1[C@@H](OC(C)=O)[C@H](O)[C@H](O)O[C@H]1C. The van der Waals surface area contributed by atoms with E-state index in [1.54, 1.807) is 6.92 Å². The van der Waals surface area contributed by atoms with E-state index in [4.69, 9.17) is 14.2 Å².